The van der Waals surface area contributed by atoms with Gasteiger partial charge in [0, 0.05) is 11.1 Å². The third kappa shape index (κ3) is 5.11. The van der Waals surface area contributed by atoms with Crippen molar-refractivity contribution in [1.29, 1.82) is 0 Å². The summed E-state index contributed by atoms with van der Waals surface area (Å²) in [6, 6.07) is 16.6. The van der Waals surface area contributed by atoms with Crippen LogP contribution in [0.3, 0.4) is 0 Å². The van der Waals surface area contributed by atoms with E-state index in [2.05, 4.69) is 5.32 Å². The number of amides is 1. The molecule has 0 unspecified atom stereocenters. The van der Waals surface area contributed by atoms with Gasteiger partial charge in [-0.3, -0.25) is 4.79 Å². The summed E-state index contributed by atoms with van der Waals surface area (Å²) < 4.78 is 15.5. The van der Waals surface area contributed by atoms with Gasteiger partial charge < -0.3 is 19.5 Å². The zero-order valence-electron chi connectivity index (χ0n) is 18.4. The van der Waals surface area contributed by atoms with E-state index in [-0.39, 0.29) is 18.6 Å². The first-order chi connectivity index (χ1) is 15.9. The monoisotopic (exact) mass is 451 g/mol. The van der Waals surface area contributed by atoms with E-state index in [4.69, 9.17) is 14.2 Å². The van der Waals surface area contributed by atoms with Gasteiger partial charge in [-0.2, -0.15) is 0 Å². The summed E-state index contributed by atoms with van der Waals surface area (Å²) in [5.41, 5.74) is -1.16. The molecule has 1 aliphatic rings. The SMILES string of the molecule is CCOC(=O)C1=CCC[C@@]1(NC(=O)c1ccccc1)C(=O)O[C@@H](C(=O)OC)c1ccccc1. The summed E-state index contributed by atoms with van der Waals surface area (Å²) in [5.74, 6) is -3.06. The number of hydrogen-bond acceptors (Lipinski definition) is 7. The van der Waals surface area contributed by atoms with Crippen molar-refractivity contribution < 1.29 is 33.4 Å². The van der Waals surface area contributed by atoms with Crippen LogP contribution in [0.25, 0.3) is 0 Å². The number of nitrogens with one attached hydrogen (secondary N) is 1. The Bertz CT molecular complexity index is 1050. The maximum atomic E-state index is 13.6. The summed E-state index contributed by atoms with van der Waals surface area (Å²) in [6.45, 7) is 1.72. The van der Waals surface area contributed by atoms with Crippen LogP contribution in [0.15, 0.2) is 72.3 Å². The lowest BCUT2D eigenvalue weighted by atomic mass is 9.90. The van der Waals surface area contributed by atoms with Crippen LogP contribution in [0.4, 0.5) is 0 Å². The maximum absolute atomic E-state index is 13.6. The van der Waals surface area contributed by atoms with E-state index in [1.54, 1.807) is 73.7 Å². The van der Waals surface area contributed by atoms with Gasteiger partial charge in [0.05, 0.1) is 19.3 Å². The molecule has 33 heavy (non-hydrogen) atoms. The minimum absolute atomic E-state index is 0.0321. The molecule has 1 aliphatic carbocycles. The maximum Gasteiger partial charge on any atom is 0.351 e. The highest BCUT2D eigenvalue weighted by molar-refractivity contribution is 6.07. The van der Waals surface area contributed by atoms with Crippen LogP contribution < -0.4 is 5.32 Å². The van der Waals surface area contributed by atoms with E-state index >= 15 is 0 Å². The Morgan fingerprint density at radius 1 is 1.00 bits per heavy atom. The van der Waals surface area contributed by atoms with Gasteiger partial charge in [-0.25, -0.2) is 14.4 Å². The van der Waals surface area contributed by atoms with E-state index in [1.807, 2.05) is 0 Å². The number of allylic oxidation sites excluding steroid dienone is 1. The molecule has 8 nitrogen and oxygen atoms in total. The predicted molar refractivity (Wildman–Crippen MR) is 118 cm³/mol. The zero-order valence-corrected chi connectivity index (χ0v) is 18.4. The predicted octanol–water partition coefficient (Wildman–Crippen LogP) is 2.90. The Hall–Kier alpha value is -3.94. The Morgan fingerprint density at radius 2 is 1.64 bits per heavy atom. The smallest absolute Gasteiger partial charge is 0.351 e. The van der Waals surface area contributed by atoms with Gasteiger partial charge in [0.1, 0.15) is 0 Å². The molecular weight excluding hydrogens is 426 g/mol. The summed E-state index contributed by atoms with van der Waals surface area (Å²) in [7, 11) is 1.18. The second-order valence-corrected chi connectivity index (χ2v) is 7.32. The van der Waals surface area contributed by atoms with Crippen molar-refractivity contribution in [2.24, 2.45) is 0 Å². The Labute approximate surface area is 191 Å². The molecule has 3 rings (SSSR count). The standard InChI is InChI=1S/C25H25NO7/c1-3-32-22(28)19-15-10-16-25(19,26-21(27)18-13-8-5-9-14-18)24(30)33-20(23(29)31-2)17-11-6-4-7-12-17/h4-9,11-15,20H,3,10,16H2,1-2H3,(H,26,27)/t20-,25+/m1/s1. The van der Waals surface area contributed by atoms with Gasteiger partial charge >= 0.3 is 17.9 Å². The molecule has 0 bridgehead atoms. The topological polar surface area (TPSA) is 108 Å². The molecule has 2 atom stereocenters. The molecular formula is C25H25NO7. The second-order valence-electron chi connectivity index (χ2n) is 7.32. The lowest BCUT2D eigenvalue weighted by molar-refractivity contribution is -0.170. The van der Waals surface area contributed by atoms with E-state index in [0.717, 1.165) is 0 Å². The van der Waals surface area contributed by atoms with Gasteiger partial charge in [0.2, 0.25) is 6.10 Å². The van der Waals surface area contributed by atoms with Crippen LogP contribution in [0.1, 0.15) is 41.8 Å². The minimum atomic E-state index is -1.82. The molecule has 8 heteroatoms. The van der Waals surface area contributed by atoms with Crippen LogP contribution in [0.2, 0.25) is 0 Å². The largest absolute Gasteiger partial charge is 0.466 e. The number of esters is 3. The number of hydrogen-bond donors (Lipinski definition) is 1. The fourth-order valence-electron chi connectivity index (χ4n) is 3.65. The molecule has 1 N–H and O–H groups in total. The molecule has 0 fully saturated rings. The molecule has 0 saturated heterocycles. The molecule has 172 valence electrons. The lowest BCUT2D eigenvalue weighted by Crippen LogP contribution is -2.57. The van der Waals surface area contributed by atoms with Gasteiger partial charge in [0.25, 0.3) is 5.91 Å². The Kier molecular flexibility index (Phi) is 7.61. The molecule has 0 aliphatic heterocycles. The van der Waals surface area contributed by atoms with Gasteiger partial charge in [-0.15, -0.1) is 0 Å². The van der Waals surface area contributed by atoms with Crippen molar-refractivity contribution in [1.82, 2.24) is 5.32 Å². The van der Waals surface area contributed by atoms with Crippen molar-refractivity contribution in [3.05, 3.63) is 83.4 Å². The van der Waals surface area contributed by atoms with Crippen molar-refractivity contribution in [2.75, 3.05) is 13.7 Å². The van der Waals surface area contributed by atoms with Crippen molar-refractivity contribution in [2.45, 2.75) is 31.4 Å². The summed E-state index contributed by atoms with van der Waals surface area (Å²) in [6.07, 6.45) is 0.562. The van der Waals surface area contributed by atoms with Gasteiger partial charge in [-0.1, -0.05) is 54.6 Å². The zero-order chi connectivity index (χ0) is 23.8. The summed E-state index contributed by atoms with van der Waals surface area (Å²) >= 11 is 0. The molecule has 0 saturated carbocycles. The highest BCUT2D eigenvalue weighted by atomic mass is 16.6. The van der Waals surface area contributed by atoms with Crippen LogP contribution in [-0.2, 0) is 28.6 Å². The normalized spacial score (nSPS) is 17.9. The minimum Gasteiger partial charge on any atom is -0.466 e. The second kappa shape index (κ2) is 10.6. The van der Waals surface area contributed by atoms with Crippen molar-refractivity contribution >= 4 is 23.8 Å². The van der Waals surface area contributed by atoms with Crippen molar-refractivity contribution in [3.63, 3.8) is 0 Å². The highest BCUT2D eigenvalue weighted by Gasteiger charge is 2.52. The van der Waals surface area contributed by atoms with Crippen LogP contribution in [-0.4, -0.2) is 43.1 Å². The lowest BCUT2D eigenvalue weighted by Gasteiger charge is -2.31. The van der Waals surface area contributed by atoms with E-state index in [9.17, 15) is 19.2 Å². The van der Waals surface area contributed by atoms with Gasteiger partial charge in [0.15, 0.2) is 5.54 Å². The van der Waals surface area contributed by atoms with E-state index in [1.165, 1.54) is 7.11 Å². The first-order valence-corrected chi connectivity index (χ1v) is 10.5. The highest BCUT2D eigenvalue weighted by Crippen LogP contribution is 2.35. The van der Waals surface area contributed by atoms with Gasteiger partial charge in [-0.05, 0) is 31.9 Å². The first-order valence-electron chi connectivity index (χ1n) is 10.5. The van der Waals surface area contributed by atoms with E-state index < -0.39 is 35.5 Å². The number of carbonyl (C=O) groups is 4. The third-order valence-electron chi connectivity index (χ3n) is 5.28. The van der Waals surface area contributed by atoms with Crippen LogP contribution in [0, 0.1) is 0 Å². The Balaban J connectivity index is 1.98. The number of rotatable bonds is 8. The average molecular weight is 451 g/mol. The molecule has 0 heterocycles. The number of methoxy groups -OCH3 is 1. The molecule has 0 aromatic heterocycles. The number of benzene rings is 2. The fourth-order valence-corrected chi connectivity index (χ4v) is 3.65. The first kappa shape index (κ1) is 23.7. The fraction of sp³-hybridized carbons (Fsp3) is 0.280. The molecule has 0 spiro atoms. The van der Waals surface area contributed by atoms with Crippen LogP contribution >= 0.6 is 0 Å². The average Bonchev–Trinajstić information content (AvgIpc) is 3.28. The molecule has 2 aromatic carbocycles. The summed E-state index contributed by atoms with van der Waals surface area (Å²) in [4.78, 5) is 51.7. The molecule has 1 amide bonds. The van der Waals surface area contributed by atoms with E-state index in [0.29, 0.717) is 17.5 Å². The quantitative estimate of drug-likeness (QED) is 0.486. The third-order valence-corrected chi connectivity index (χ3v) is 5.28. The van der Waals surface area contributed by atoms with Crippen molar-refractivity contribution in [3.8, 4) is 0 Å². The summed E-state index contributed by atoms with van der Waals surface area (Å²) in [5, 5.41) is 2.68. The molecule has 0 radical (unpaired) electrons. The molecule has 2 aromatic rings. The Morgan fingerprint density at radius 3 is 2.24 bits per heavy atom. The van der Waals surface area contributed by atoms with Crippen LogP contribution in [0.5, 0.6) is 0 Å². The number of carbonyl (C=O) groups excluding carboxylic acids is 4. The number of ether oxygens (including phenoxy) is 3.